The molecular formula is C20H18FN3O2. The van der Waals surface area contributed by atoms with Crippen LogP contribution in [0.1, 0.15) is 43.1 Å². The third-order valence-electron chi connectivity index (χ3n) is 5.09. The summed E-state index contributed by atoms with van der Waals surface area (Å²) >= 11 is 0. The van der Waals surface area contributed by atoms with Crippen molar-refractivity contribution in [3.8, 4) is 11.3 Å². The molecule has 0 aliphatic carbocycles. The number of carbonyl (C=O) groups excluding carboxylic acids is 1. The van der Waals surface area contributed by atoms with Gasteiger partial charge in [-0.25, -0.2) is 9.87 Å². The molecule has 132 valence electrons. The molecule has 5 nitrogen and oxygen atoms in total. The number of carbonyl (C=O) groups is 1. The van der Waals surface area contributed by atoms with E-state index in [-0.39, 0.29) is 17.4 Å². The van der Waals surface area contributed by atoms with Gasteiger partial charge in [0.15, 0.2) is 0 Å². The van der Waals surface area contributed by atoms with E-state index in [0.717, 1.165) is 19.4 Å². The molecule has 1 atom stereocenters. The van der Waals surface area contributed by atoms with Crippen LogP contribution >= 0.6 is 0 Å². The van der Waals surface area contributed by atoms with Crippen LogP contribution in [0, 0.1) is 5.82 Å². The average molecular weight is 353 g/mol. The fraction of sp³-hybridized carbons (Fsp3) is 0.250. The Bertz CT molecular complexity index is 1110. The van der Waals surface area contributed by atoms with Gasteiger partial charge in [0.05, 0.1) is 14.0 Å². The van der Waals surface area contributed by atoms with Gasteiger partial charge in [-0.15, -0.1) is 0 Å². The van der Waals surface area contributed by atoms with E-state index in [2.05, 4.69) is 15.8 Å². The maximum Gasteiger partial charge on any atom is 0.275 e. The molecule has 1 fully saturated rings. The van der Waals surface area contributed by atoms with Gasteiger partial charge in [0.2, 0.25) is 0 Å². The third kappa shape index (κ3) is 2.34. The molecule has 3 heterocycles. The number of rotatable bonds is 2. The zero-order valence-electron chi connectivity index (χ0n) is 15.9. The van der Waals surface area contributed by atoms with Gasteiger partial charge in [-0.1, -0.05) is 18.2 Å². The topological polar surface area (TPSA) is 66.1 Å². The number of amides is 1. The smallest absolute Gasteiger partial charge is 0.275 e. The molecule has 0 bridgehead atoms. The molecule has 3 N–H and O–H groups in total. The number of halogens is 1. The van der Waals surface area contributed by atoms with E-state index in [1.165, 1.54) is 6.07 Å². The number of H-pyrrole nitrogens is 1. The Hall–Kier alpha value is -2.70. The van der Waals surface area contributed by atoms with Crippen LogP contribution in [0.25, 0.3) is 22.2 Å². The molecule has 0 spiro atoms. The van der Waals surface area contributed by atoms with Gasteiger partial charge in [0, 0.05) is 33.6 Å². The first-order valence-electron chi connectivity index (χ1n) is 9.62. The summed E-state index contributed by atoms with van der Waals surface area (Å²) < 4.78 is 31.5. The average Bonchev–Trinajstić information content (AvgIpc) is 3.31. The Labute approximate surface area is 152 Å². The normalized spacial score (nSPS) is 22.7. The fourth-order valence-electron chi connectivity index (χ4n) is 3.85. The number of nitrogens with one attached hydrogen (secondary N) is 3. The van der Waals surface area contributed by atoms with Gasteiger partial charge in [-0.2, -0.15) is 0 Å². The predicted octanol–water partition coefficient (Wildman–Crippen LogP) is 3.57. The largest absolute Gasteiger partial charge is 0.354 e. The number of hydrogen-bond acceptors (Lipinski definition) is 3. The van der Waals surface area contributed by atoms with Crippen LogP contribution in [0.5, 0.6) is 0 Å². The van der Waals surface area contributed by atoms with Gasteiger partial charge in [0.1, 0.15) is 12.4 Å². The lowest BCUT2D eigenvalue weighted by Crippen LogP contribution is -2.21. The molecule has 2 aromatic carbocycles. The van der Waals surface area contributed by atoms with E-state index in [4.69, 9.17) is 7.58 Å². The summed E-state index contributed by atoms with van der Waals surface area (Å²) in [6.07, 6.45) is 1.90. The van der Waals surface area contributed by atoms with Crippen LogP contribution in [-0.4, -0.2) is 17.4 Å². The first-order chi connectivity index (χ1) is 13.5. The summed E-state index contributed by atoms with van der Waals surface area (Å²) in [6, 6.07) is 10.00. The second kappa shape index (κ2) is 5.93. The maximum atomic E-state index is 14.9. The van der Waals surface area contributed by atoms with Crippen molar-refractivity contribution in [2.45, 2.75) is 25.4 Å². The monoisotopic (exact) mass is 353 g/mol. The van der Waals surface area contributed by atoms with Crippen molar-refractivity contribution in [2.75, 3.05) is 6.54 Å². The molecule has 5 rings (SSSR count). The van der Waals surface area contributed by atoms with Crippen LogP contribution in [0.2, 0.25) is 0 Å². The molecule has 3 aromatic rings. The minimum atomic E-state index is -2.28. The van der Waals surface area contributed by atoms with Crippen molar-refractivity contribution in [3.63, 3.8) is 0 Å². The quantitative estimate of drug-likeness (QED) is 0.660. The molecular weight excluding hydrogens is 333 g/mol. The standard InChI is InChI=1S/C20H18FN3O2/c21-15-9-11(6-7-12(15)16-5-2-8-22-16)19-14-10-26-24-20(25)13-3-1-4-17(23-19)18(13)14/h1,3-4,6-7,9,16,22-23H,2,5,8,10H2,(H,24,25)/t16-/m0/s1/i10D2. The van der Waals surface area contributed by atoms with Gasteiger partial charge in [-0.3, -0.25) is 9.63 Å². The molecule has 0 radical (unpaired) electrons. The lowest BCUT2D eigenvalue weighted by molar-refractivity contribution is 0.0256. The Balaban J connectivity index is 1.72. The number of hydroxylamine groups is 1. The highest BCUT2D eigenvalue weighted by atomic mass is 19.1. The summed E-state index contributed by atoms with van der Waals surface area (Å²) in [5.74, 6) is -0.861. The van der Waals surface area contributed by atoms with Crippen LogP contribution in [0.3, 0.4) is 0 Å². The van der Waals surface area contributed by atoms with E-state index in [9.17, 15) is 9.18 Å². The van der Waals surface area contributed by atoms with Crippen molar-refractivity contribution in [2.24, 2.45) is 0 Å². The van der Waals surface area contributed by atoms with Crippen molar-refractivity contribution < 1.29 is 16.8 Å². The van der Waals surface area contributed by atoms with E-state index in [0.29, 0.717) is 33.3 Å². The van der Waals surface area contributed by atoms with Crippen LogP contribution in [-0.2, 0) is 11.4 Å². The molecule has 6 heteroatoms. The van der Waals surface area contributed by atoms with E-state index < -0.39 is 12.5 Å². The Kier molecular flexibility index (Phi) is 3.08. The van der Waals surface area contributed by atoms with Gasteiger partial charge in [-0.05, 0) is 37.6 Å². The second-order valence-electron chi connectivity index (χ2n) is 6.62. The highest BCUT2D eigenvalue weighted by Gasteiger charge is 2.24. The van der Waals surface area contributed by atoms with E-state index >= 15 is 0 Å². The molecule has 1 aromatic heterocycles. The second-order valence-corrected chi connectivity index (χ2v) is 6.62. The summed E-state index contributed by atoms with van der Waals surface area (Å²) in [6.45, 7) is -1.41. The van der Waals surface area contributed by atoms with Gasteiger partial charge >= 0.3 is 0 Å². The van der Waals surface area contributed by atoms with Gasteiger partial charge in [0.25, 0.3) is 5.91 Å². The molecule has 0 saturated carbocycles. The number of aromatic nitrogens is 1. The maximum absolute atomic E-state index is 14.9. The zero-order chi connectivity index (χ0) is 19.5. The van der Waals surface area contributed by atoms with Crippen molar-refractivity contribution in [1.29, 1.82) is 0 Å². The minimum absolute atomic E-state index is 0.00140. The molecule has 1 amide bonds. The molecule has 26 heavy (non-hydrogen) atoms. The Morgan fingerprint density at radius 2 is 2.19 bits per heavy atom. The first-order valence-corrected chi connectivity index (χ1v) is 8.62. The summed E-state index contributed by atoms with van der Waals surface area (Å²) in [5.41, 5.74) is 4.74. The lowest BCUT2D eigenvalue weighted by atomic mass is 9.99. The third-order valence-corrected chi connectivity index (χ3v) is 5.09. The Morgan fingerprint density at radius 1 is 1.27 bits per heavy atom. The number of benzene rings is 2. The van der Waals surface area contributed by atoms with Crippen molar-refractivity contribution in [1.82, 2.24) is 15.8 Å². The minimum Gasteiger partial charge on any atom is -0.354 e. The number of hydrogen-bond donors (Lipinski definition) is 3. The van der Waals surface area contributed by atoms with Crippen LogP contribution in [0.4, 0.5) is 4.39 Å². The molecule has 2 aliphatic rings. The van der Waals surface area contributed by atoms with Crippen LogP contribution < -0.4 is 10.8 Å². The summed E-state index contributed by atoms with van der Waals surface area (Å²) in [7, 11) is 0. The van der Waals surface area contributed by atoms with Crippen LogP contribution in [0.15, 0.2) is 36.4 Å². The van der Waals surface area contributed by atoms with Crippen molar-refractivity contribution in [3.05, 3.63) is 58.9 Å². The fourth-order valence-corrected chi connectivity index (χ4v) is 3.85. The van der Waals surface area contributed by atoms with Gasteiger partial charge < -0.3 is 10.3 Å². The first kappa shape index (κ1) is 13.5. The highest BCUT2D eigenvalue weighted by molar-refractivity contribution is 6.09. The van der Waals surface area contributed by atoms with Crippen molar-refractivity contribution >= 4 is 16.8 Å². The predicted molar refractivity (Wildman–Crippen MR) is 95.9 cm³/mol. The molecule has 2 aliphatic heterocycles. The molecule has 1 saturated heterocycles. The Morgan fingerprint density at radius 3 is 3.00 bits per heavy atom. The molecule has 0 unspecified atom stereocenters. The summed E-state index contributed by atoms with van der Waals surface area (Å²) in [4.78, 5) is 20.5. The van der Waals surface area contributed by atoms with E-state index in [1.54, 1.807) is 30.3 Å². The summed E-state index contributed by atoms with van der Waals surface area (Å²) in [5, 5.41) is 3.73. The number of aromatic amines is 1. The highest BCUT2D eigenvalue weighted by Crippen LogP contribution is 2.36. The van der Waals surface area contributed by atoms with E-state index in [1.807, 2.05) is 0 Å². The zero-order valence-corrected chi connectivity index (χ0v) is 13.9. The lowest BCUT2D eigenvalue weighted by Gasteiger charge is -2.13. The SMILES string of the molecule is [2H]C1([2H])ONC(=O)c2cccc3[nH]c(-c4ccc([C@@H]5CCCN5)c(F)c4)c1c23.